The zero-order valence-corrected chi connectivity index (χ0v) is 14.6. The Balaban J connectivity index is 1.60. The van der Waals surface area contributed by atoms with Crippen LogP contribution in [0.3, 0.4) is 0 Å². The van der Waals surface area contributed by atoms with Crippen molar-refractivity contribution in [3.05, 3.63) is 60.2 Å². The number of amides is 2. The van der Waals surface area contributed by atoms with E-state index >= 15 is 0 Å². The van der Waals surface area contributed by atoms with Crippen molar-refractivity contribution in [3.8, 4) is 5.75 Å². The molecular weight excluding hydrogens is 320 g/mol. The minimum absolute atomic E-state index is 0.0439. The van der Waals surface area contributed by atoms with Crippen molar-refractivity contribution in [2.75, 3.05) is 31.3 Å². The third-order valence-electron chi connectivity index (χ3n) is 4.12. The van der Waals surface area contributed by atoms with Gasteiger partial charge in [0, 0.05) is 35.8 Å². The van der Waals surface area contributed by atoms with E-state index in [1.54, 1.807) is 7.11 Å². The predicted molar refractivity (Wildman–Crippen MR) is 99.8 cm³/mol. The summed E-state index contributed by atoms with van der Waals surface area (Å²) in [6.45, 7) is 1.53. The summed E-state index contributed by atoms with van der Waals surface area (Å²) in [5.41, 5.74) is 2.11. The van der Waals surface area contributed by atoms with Crippen molar-refractivity contribution in [2.45, 2.75) is 11.7 Å². The van der Waals surface area contributed by atoms with E-state index in [0.717, 1.165) is 36.7 Å². The molecule has 1 saturated heterocycles. The van der Waals surface area contributed by atoms with Gasteiger partial charge in [-0.2, -0.15) is 11.8 Å². The number of carbonyl (C=O) groups is 1. The molecule has 3 rings (SSSR count). The summed E-state index contributed by atoms with van der Waals surface area (Å²) in [7, 11) is 1.62. The van der Waals surface area contributed by atoms with Crippen LogP contribution in [0.2, 0.25) is 0 Å². The van der Waals surface area contributed by atoms with E-state index in [2.05, 4.69) is 29.6 Å². The second-order valence-electron chi connectivity index (χ2n) is 5.71. The first kappa shape index (κ1) is 16.7. The standard InChI is InChI=1S/C19H22N2O2S/c1-23-17-9-5-8-16(14-17)20-19(22)21-11-10-18(24-13-12-21)15-6-3-2-4-7-15/h2-9,14,18H,10-13H2,1H3,(H,20,22). The number of thioether (sulfide) groups is 1. The molecule has 2 amide bonds. The van der Waals surface area contributed by atoms with E-state index in [1.165, 1.54) is 5.56 Å². The lowest BCUT2D eigenvalue weighted by Crippen LogP contribution is -2.36. The highest BCUT2D eigenvalue weighted by Crippen LogP contribution is 2.34. The monoisotopic (exact) mass is 342 g/mol. The molecule has 1 fully saturated rings. The van der Waals surface area contributed by atoms with Gasteiger partial charge in [-0.3, -0.25) is 0 Å². The molecule has 0 spiro atoms. The number of rotatable bonds is 3. The molecule has 4 nitrogen and oxygen atoms in total. The molecule has 1 aliphatic heterocycles. The summed E-state index contributed by atoms with van der Waals surface area (Å²) >= 11 is 1.93. The fraction of sp³-hybridized carbons (Fsp3) is 0.316. The molecule has 1 heterocycles. The van der Waals surface area contributed by atoms with Gasteiger partial charge in [0.05, 0.1) is 7.11 Å². The summed E-state index contributed by atoms with van der Waals surface area (Å²) in [6.07, 6.45) is 0.972. The van der Waals surface area contributed by atoms with Crippen LogP contribution in [0.15, 0.2) is 54.6 Å². The number of ether oxygens (including phenoxy) is 1. The van der Waals surface area contributed by atoms with Crippen LogP contribution in [0.25, 0.3) is 0 Å². The number of methoxy groups -OCH3 is 1. The molecule has 1 atom stereocenters. The van der Waals surface area contributed by atoms with Crippen LogP contribution < -0.4 is 10.1 Å². The van der Waals surface area contributed by atoms with Crippen molar-refractivity contribution in [1.82, 2.24) is 4.90 Å². The van der Waals surface area contributed by atoms with Crippen LogP contribution >= 0.6 is 11.8 Å². The van der Waals surface area contributed by atoms with Crippen LogP contribution in [0.5, 0.6) is 5.75 Å². The van der Waals surface area contributed by atoms with Gasteiger partial charge in [-0.05, 0) is 24.1 Å². The van der Waals surface area contributed by atoms with E-state index in [0.29, 0.717) is 5.25 Å². The minimum atomic E-state index is -0.0439. The Bertz CT molecular complexity index is 678. The SMILES string of the molecule is COc1cccc(NC(=O)N2CCSC(c3ccccc3)CC2)c1. The molecule has 2 aromatic rings. The number of nitrogens with zero attached hydrogens (tertiary/aromatic N) is 1. The first-order chi connectivity index (χ1) is 11.8. The lowest BCUT2D eigenvalue weighted by molar-refractivity contribution is 0.215. The fourth-order valence-electron chi connectivity index (χ4n) is 2.81. The van der Waals surface area contributed by atoms with E-state index in [4.69, 9.17) is 4.74 Å². The summed E-state index contributed by atoms with van der Waals surface area (Å²) < 4.78 is 5.20. The number of nitrogens with one attached hydrogen (secondary N) is 1. The Morgan fingerprint density at radius 3 is 2.79 bits per heavy atom. The third kappa shape index (κ3) is 4.23. The summed E-state index contributed by atoms with van der Waals surface area (Å²) in [5.74, 6) is 1.69. The summed E-state index contributed by atoms with van der Waals surface area (Å²) in [4.78, 5) is 14.4. The Morgan fingerprint density at radius 2 is 2.00 bits per heavy atom. The highest BCUT2D eigenvalue weighted by molar-refractivity contribution is 7.99. The second-order valence-corrected chi connectivity index (χ2v) is 7.02. The highest BCUT2D eigenvalue weighted by atomic mass is 32.2. The van der Waals surface area contributed by atoms with E-state index < -0.39 is 0 Å². The Hall–Kier alpha value is -2.14. The number of urea groups is 1. The molecule has 5 heteroatoms. The van der Waals surface area contributed by atoms with Gasteiger partial charge < -0.3 is 15.0 Å². The quantitative estimate of drug-likeness (QED) is 0.898. The number of benzene rings is 2. The number of anilines is 1. The smallest absolute Gasteiger partial charge is 0.321 e. The maximum absolute atomic E-state index is 12.5. The van der Waals surface area contributed by atoms with Crippen LogP contribution in [0, 0.1) is 0 Å². The van der Waals surface area contributed by atoms with Crippen molar-refractivity contribution < 1.29 is 9.53 Å². The normalized spacial score (nSPS) is 17.9. The van der Waals surface area contributed by atoms with Crippen LogP contribution in [-0.4, -0.2) is 36.9 Å². The van der Waals surface area contributed by atoms with Gasteiger partial charge in [-0.25, -0.2) is 4.79 Å². The van der Waals surface area contributed by atoms with Crippen LogP contribution in [-0.2, 0) is 0 Å². The Morgan fingerprint density at radius 1 is 1.17 bits per heavy atom. The minimum Gasteiger partial charge on any atom is -0.497 e. The predicted octanol–water partition coefficient (Wildman–Crippen LogP) is 4.41. The zero-order valence-electron chi connectivity index (χ0n) is 13.8. The fourth-order valence-corrected chi connectivity index (χ4v) is 4.04. The van der Waals surface area contributed by atoms with Gasteiger partial charge in [-0.1, -0.05) is 36.4 Å². The van der Waals surface area contributed by atoms with Crippen molar-refractivity contribution >= 4 is 23.5 Å². The number of carbonyl (C=O) groups excluding carboxylic acids is 1. The topological polar surface area (TPSA) is 41.6 Å². The molecule has 0 aliphatic carbocycles. The molecule has 1 unspecified atom stereocenters. The van der Waals surface area contributed by atoms with Crippen molar-refractivity contribution in [2.24, 2.45) is 0 Å². The lowest BCUT2D eigenvalue weighted by Gasteiger charge is -2.21. The molecule has 1 aliphatic rings. The molecule has 0 radical (unpaired) electrons. The average Bonchev–Trinajstić information content (AvgIpc) is 2.89. The molecule has 0 aromatic heterocycles. The maximum atomic E-state index is 12.5. The lowest BCUT2D eigenvalue weighted by atomic mass is 10.1. The van der Waals surface area contributed by atoms with Crippen LogP contribution in [0.1, 0.15) is 17.2 Å². The van der Waals surface area contributed by atoms with Gasteiger partial charge in [0.2, 0.25) is 0 Å². The molecule has 1 N–H and O–H groups in total. The van der Waals surface area contributed by atoms with Crippen molar-refractivity contribution in [1.29, 1.82) is 0 Å². The van der Waals surface area contributed by atoms with E-state index in [9.17, 15) is 4.79 Å². The Labute approximate surface area is 147 Å². The average molecular weight is 342 g/mol. The largest absolute Gasteiger partial charge is 0.497 e. The van der Waals surface area contributed by atoms with Gasteiger partial charge in [0.25, 0.3) is 0 Å². The van der Waals surface area contributed by atoms with Gasteiger partial charge in [0.1, 0.15) is 5.75 Å². The highest BCUT2D eigenvalue weighted by Gasteiger charge is 2.22. The Kier molecular flexibility index (Phi) is 5.64. The van der Waals surface area contributed by atoms with Gasteiger partial charge in [-0.15, -0.1) is 0 Å². The third-order valence-corrected chi connectivity index (χ3v) is 5.45. The molecule has 24 heavy (non-hydrogen) atoms. The number of hydrogen-bond acceptors (Lipinski definition) is 3. The van der Waals surface area contributed by atoms with E-state index in [1.807, 2.05) is 47.0 Å². The van der Waals surface area contributed by atoms with Crippen LogP contribution in [0.4, 0.5) is 10.5 Å². The van der Waals surface area contributed by atoms with E-state index in [-0.39, 0.29) is 6.03 Å². The first-order valence-corrected chi connectivity index (χ1v) is 9.17. The second kappa shape index (κ2) is 8.11. The molecule has 0 bridgehead atoms. The molecule has 126 valence electrons. The number of hydrogen-bond donors (Lipinski definition) is 1. The van der Waals surface area contributed by atoms with Gasteiger partial charge >= 0.3 is 6.03 Å². The maximum Gasteiger partial charge on any atom is 0.321 e. The molecular formula is C19H22N2O2S. The van der Waals surface area contributed by atoms with Gasteiger partial charge in [0.15, 0.2) is 0 Å². The summed E-state index contributed by atoms with van der Waals surface area (Å²) in [6, 6.07) is 17.9. The summed E-state index contributed by atoms with van der Waals surface area (Å²) in [5, 5.41) is 3.43. The van der Waals surface area contributed by atoms with Crippen molar-refractivity contribution in [3.63, 3.8) is 0 Å². The first-order valence-electron chi connectivity index (χ1n) is 8.13. The molecule has 0 saturated carbocycles. The zero-order chi connectivity index (χ0) is 16.8. The molecule has 2 aromatic carbocycles.